The maximum absolute atomic E-state index is 5.83. The summed E-state index contributed by atoms with van der Waals surface area (Å²) in [5, 5.41) is 3.43. The Morgan fingerprint density at radius 2 is 1.04 bits per heavy atom. The fourth-order valence-corrected chi connectivity index (χ4v) is 2.92. The molecule has 0 saturated carbocycles. The fourth-order valence-electron chi connectivity index (χ4n) is 2.92. The molecule has 0 radical (unpaired) electrons. The molecule has 4 aromatic carbocycles. The molecule has 0 aliphatic carbocycles. The average Bonchev–Trinajstić information content (AvgIpc) is 2.75. The van der Waals surface area contributed by atoms with Crippen LogP contribution in [0.1, 0.15) is 5.56 Å². The minimum Gasteiger partial charge on any atom is -0.489 e. The summed E-state index contributed by atoms with van der Waals surface area (Å²) in [5.74, 6) is 0.865. The lowest BCUT2D eigenvalue weighted by Gasteiger charge is -2.10. The van der Waals surface area contributed by atoms with Crippen LogP contribution in [-0.4, -0.2) is 0 Å². The number of benzene rings is 4. The molecule has 2 heteroatoms. The third kappa shape index (κ3) is 4.56. The van der Waals surface area contributed by atoms with E-state index in [2.05, 4.69) is 66.0 Å². The molecular weight excluding hydrogens is 330 g/mol. The fraction of sp³-hybridized carbons (Fsp3) is 0.0400. The van der Waals surface area contributed by atoms with E-state index in [4.69, 9.17) is 4.74 Å². The Balaban J connectivity index is 1.37. The van der Waals surface area contributed by atoms with Crippen LogP contribution >= 0.6 is 0 Å². The van der Waals surface area contributed by atoms with E-state index < -0.39 is 0 Å². The number of hydrogen-bond donors (Lipinski definition) is 1. The topological polar surface area (TPSA) is 21.3 Å². The highest BCUT2D eigenvalue weighted by molar-refractivity contribution is 5.68. The van der Waals surface area contributed by atoms with Gasteiger partial charge in [-0.1, -0.05) is 72.8 Å². The summed E-state index contributed by atoms with van der Waals surface area (Å²) in [5.41, 5.74) is 5.70. The van der Waals surface area contributed by atoms with Gasteiger partial charge in [0.1, 0.15) is 12.4 Å². The summed E-state index contributed by atoms with van der Waals surface area (Å²) in [6.07, 6.45) is 0. The Kier molecular flexibility index (Phi) is 5.16. The Bertz CT molecular complexity index is 962. The maximum atomic E-state index is 5.83. The standard InChI is InChI=1S/C25H21NO/c1-3-7-20(8-4-1)19-27-25-17-15-24(16-18-25)26-23-13-11-22(12-14-23)21-9-5-2-6-10-21/h1-18,26H,19H2. The molecule has 0 unspecified atom stereocenters. The van der Waals surface area contributed by atoms with Gasteiger partial charge in [-0.25, -0.2) is 0 Å². The van der Waals surface area contributed by atoms with Crippen LogP contribution in [0.4, 0.5) is 11.4 Å². The van der Waals surface area contributed by atoms with E-state index >= 15 is 0 Å². The predicted octanol–water partition coefficient (Wildman–Crippen LogP) is 6.68. The molecule has 0 saturated heterocycles. The Morgan fingerprint density at radius 1 is 0.519 bits per heavy atom. The number of nitrogens with one attached hydrogen (secondary N) is 1. The summed E-state index contributed by atoms with van der Waals surface area (Å²) < 4.78 is 5.83. The van der Waals surface area contributed by atoms with Crippen LogP contribution in [0.15, 0.2) is 109 Å². The van der Waals surface area contributed by atoms with E-state index in [0.717, 1.165) is 17.1 Å². The monoisotopic (exact) mass is 351 g/mol. The molecule has 0 bridgehead atoms. The average molecular weight is 351 g/mol. The number of anilines is 2. The van der Waals surface area contributed by atoms with Gasteiger partial charge in [-0.3, -0.25) is 0 Å². The van der Waals surface area contributed by atoms with Gasteiger partial charge in [0.2, 0.25) is 0 Å². The van der Waals surface area contributed by atoms with Crippen molar-refractivity contribution in [1.29, 1.82) is 0 Å². The van der Waals surface area contributed by atoms with Crippen molar-refractivity contribution in [1.82, 2.24) is 0 Å². The van der Waals surface area contributed by atoms with Gasteiger partial charge in [0, 0.05) is 11.4 Å². The quantitative estimate of drug-likeness (QED) is 0.418. The number of rotatable bonds is 6. The molecule has 0 atom stereocenters. The van der Waals surface area contributed by atoms with E-state index in [-0.39, 0.29) is 0 Å². The van der Waals surface area contributed by atoms with E-state index in [1.54, 1.807) is 0 Å². The highest BCUT2D eigenvalue weighted by Crippen LogP contribution is 2.24. The smallest absolute Gasteiger partial charge is 0.119 e. The lowest BCUT2D eigenvalue weighted by molar-refractivity contribution is 0.306. The van der Waals surface area contributed by atoms with Crippen molar-refractivity contribution < 1.29 is 4.74 Å². The molecule has 132 valence electrons. The van der Waals surface area contributed by atoms with Crippen LogP contribution in [0.25, 0.3) is 11.1 Å². The molecule has 0 aliphatic rings. The Morgan fingerprint density at radius 3 is 1.67 bits per heavy atom. The normalized spacial score (nSPS) is 10.4. The van der Waals surface area contributed by atoms with Gasteiger partial charge in [-0.15, -0.1) is 0 Å². The van der Waals surface area contributed by atoms with E-state index in [0.29, 0.717) is 6.61 Å². The van der Waals surface area contributed by atoms with Crippen LogP contribution in [-0.2, 0) is 6.61 Å². The summed E-state index contributed by atoms with van der Waals surface area (Å²) in [6.45, 7) is 0.578. The van der Waals surface area contributed by atoms with Gasteiger partial charge in [0.05, 0.1) is 0 Å². The largest absolute Gasteiger partial charge is 0.489 e. The lowest BCUT2D eigenvalue weighted by atomic mass is 10.1. The van der Waals surface area contributed by atoms with Crippen LogP contribution < -0.4 is 10.1 Å². The zero-order valence-electron chi connectivity index (χ0n) is 15.0. The minimum absolute atomic E-state index is 0.578. The lowest BCUT2D eigenvalue weighted by Crippen LogP contribution is -1.95. The molecule has 0 amide bonds. The predicted molar refractivity (Wildman–Crippen MR) is 112 cm³/mol. The summed E-state index contributed by atoms with van der Waals surface area (Å²) in [4.78, 5) is 0. The molecule has 27 heavy (non-hydrogen) atoms. The molecule has 0 heterocycles. The van der Waals surface area contributed by atoms with Crippen molar-refractivity contribution in [2.24, 2.45) is 0 Å². The second-order valence-corrected chi connectivity index (χ2v) is 6.37. The Labute approximate surface area is 160 Å². The van der Waals surface area contributed by atoms with Crippen LogP contribution in [0.5, 0.6) is 5.75 Å². The van der Waals surface area contributed by atoms with Gasteiger partial charge < -0.3 is 10.1 Å². The number of ether oxygens (including phenoxy) is 1. The first-order valence-electron chi connectivity index (χ1n) is 9.06. The number of hydrogen-bond acceptors (Lipinski definition) is 2. The third-order valence-electron chi connectivity index (χ3n) is 4.38. The zero-order valence-corrected chi connectivity index (χ0v) is 15.0. The molecule has 0 spiro atoms. The molecule has 1 N–H and O–H groups in total. The highest BCUT2D eigenvalue weighted by atomic mass is 16.5. The van der Waals surface area contributed by atoms with Crippen LogP contribution in [0.3, 0.4) is 0 Å². The van der Waals surface area contributed by atoms with Crippen molar-refractivity contribution in [2.75, 3.05) is 5.32 Å². The van der Waals surface area contributed by atoms with Crippen molar-refractivity contribution in [3.63, 3.8) is 0 Å². The first-order valence-corrected chi connectivity index (χ1v) is 9.06. The van der Waals surface area contributed by atoms with E-state index in [1.165, 1.54) is 16.7 Å². The molecule has 0 aromatic heterocycles. The maximum Gasteiger partial charge on any atom is 0.119 e. The second kappa shape index (κ2) is 8.24. The van der Waals surface area contributed by atoms with Crippen molar-refractivity contribution in [2.45, 2.75) is 6.61 Å². The summed E-state index contributed by atoms with van der Waals surface area (Å²) in [7, 11) is 0. The summed E-state index contributed by atoms with van der Waals surface area (Å²) in [6, 6.07) is 37.1. The molecule has 4 aromatic rings. The molecular formula is C25H21NO. The van der Waals surface area contributed by atoms with Gasteiger partial charge >= 0.3 is 0 Å². The minimum atomic E-state index is 0.578. The first kappa shape index (κ1) is 16.9. The summed E-state index contributed by atoms with van der Waals surface area (Å²) >= 11 is 0. The third-order valence-corrected chi connectivity index (χ3v) is 4.38. The zero-order chi connectivity index (χ0) is 18.3. The van der Waals surface area contributed by atoms with Gasteiger partial charge in [-0.2, -0.15) is 0 Å². The van der Waals surface area contributed by atoms with Gasteiger partial charge in [0.25, 0.3) is 0 Å². The SMILES string of the molecule is c1ccc(COc2ccc(Nc3ccc(-c4ccccc4)cc3)cc2)cc1. The van der Waals surface area contributed by atoms with Crippen LogP contribution in [0.2, 0.25) is 0 Å². The van der Waals surface area contributed by atoms with Crippen molar-refractivity contribution >= 4 is 11.4 Å². The van der Waals surface area contributed by atoms with E-state index in [9.17, 15) is 0 Å². The van der Waals surface area contributed by atoms with Crippen LogP contribution in [0, 0.1) is 0 Å². The Hall–Kier alpha value is -3.52. The second-order valence-electron chi connectivity index (χ2n) is 6.37. The van der Waals surface area contributed by atoms with E-state index in [1.807, 2.05) is 48.5 Å². The van der Waals surface area contributed by atoms with Gasteiger partial charge in [0.15, 0.2) is 0 Å². The first-order chi connectivity index (χ1) is 13.4. The molecule has 2 nitrogen and oxygen atoms in total. The van der Waals surface area contributed by atoms with Gasteiger partial charge in [-0.05, 0) is 53.1 Å². The van der Waals surface area contributed by atoms with Crippen molar-refractivity contribution in [3.05, 3.63) is 115 Å². The molecule has 4 rings (SSSR count). The molecule has 0 fully saturated rings. The molecule has 0 aliphatic heterocycles. The van der Waals surface area contributed by atoms with Crippen molar-refractivity contribution in [3.8, 4) is 16.9 Å². The highest BCUT2D eigenvalue weighted by Gasteiger charge is 2.00.